The summed E-state index contributed by atoms with van der Waals surface area (Å²) >= 11 is 3.59. The van der Waals surface area contributed by atoms with Gasteiger partial charge in [0.2, 0.25) is 5.75 Å². The molecule has 0 saturated heterocycles. The van der Waals surface area contributed by atoms with Crippen molar-refractivity contribution in [2.45, 2.75) is 38.0 Å². The van der Waals surface area contributed by atoms with Crippen molar-refractivity contribution in [3.63, 3.8) is 0 Å². The SMILES string of the molecule is CCCOc1c(Br)cc(C(C#N)(CCCC#N)c2cc(OC)c(OC)c(OC)c2)cc1OC. The van der Waals surface area contributed by atoms with Crippen LogP contribution in [0.2, 0.25) is 0 Å². The van der Waals surface area contributed by atoms with E-state index in [1.807, 2.05) is 19.1 Å². The number of nitriles is 2. The van der Waals surface area contributed by atoms with Crippen LogP contribution in [0.15, 0.2) is 28.7 Å². The van der Waals surface area contributed by atoms with Gasteiger partial charge in [0.25, 0.3) is 0 Å². The number of ether oxygens (including phenoxy) is 5. The Balaban J connectivity index is 2.81. The van der Waals surface area contributed by atoms with E-state index in [0.717, 1.165) is 6.42 Å². The molecular formula is C25H29BrN2O5. The van der Waals surface area contributed by atoms with Crippen molar-refractivity contribution >= 4 is 15.9 Å². The Morgan fingerprint density at radius 1 is 0.848 bits per heavy atom. The van der Waals surface area contributed by atoms with Crippen LogP contribution >= 0.6 is 15.9 Å². The number of methoxy groups -OCH3 is 4. The average Bonchev–Trinajstić information content (AvgIpc) is 2.84. The average molecular weight is 517 g/mol. The van der Waals surface area contributed by atoms with Gasteiger partial charge in [-0.3, -0.25) is 0 Å². The van der Waals surface area contributed by atoms with Crippen LogP contribution in [-0.4, -0.2) is 35.0 Å². The number of nitrogens with zero attached hydrogens (tertiary/aromatic N) is 2. The van der Waals surface area contributed by atoms with Crippen molar-refractivity contribution in [2.75, 3.05) is 35.0 Å². The maximum absolute atomic E-state index is 10.6. The van der Waals surface area contributed by atoms with Crippen LogP contribution in [0, 0.1) is 22.7 Å². The van der Waals surface area contributed by atoms with Gasteiger partial charge in [-0.2, -0.15) is 10.5 Å². The summed E-state index contributed by atoms with van der Waals surface area (Å²) in [6, 6.07) is 11.9. The van der Waals surface area contributed by atoms with Crippen molar-refractivity contribution < 1.29 is 23.7 Å². The number of halogens is 1. The molecule has 2 aromatic rings. The Hall–Kier alpha value is -3.10. The first-order chi connectivity index (χ1) is 16.0. The zero-order valence-electron chi connectivity index (χ0n) is 19.7. The maximum Gasteiger partial charge on any atom is 0.203 e. The normalized spacial score (nSPS) is 12.1. The van der Waals surface area contributed by atoms with E-state index in [1.54, 1.807) is 19.2 Å². The van der Waals surface area contributed by atoms with Crippen LogP contribution in [0.1, 0.15) is 43.7 Å². The van der Waals surface area contributed by atoms with Crippen molar-refractivity contribution in [1.29, 1.82) is 10.5 Å². The third kappa shape index (κ3) is 5.46. The van der Waals surface area contributed by atoms with E-state index in [4.69, 9.17) is 28.9 Å². The smallest absolute Gasteiger partial charge is 0.203 e. The summed E-state index contributed by atoms with van der Waals surface area (Å²) in [6.07, 6.45) is 2.10. The molecule has 0 bridgehead atoms. The topological polar surface area (TPSA) is 93.7 Å². The number of unbranched alkanes of at least 4 members (excludes halogenated alkanes) is 1. The lowest BCUT2D eigenvalue weighted by atomic mass is 9.72. The van der Waals surface area contributed by atoms with E-state index in [1.165, 1.54) is 21.3 Å². The molecule has 33 heavy (non-hydrogen) atoms. The third-order valence-corrected chi connectivity index (χ3v) is 5.95. The quantitative estimate of drug-likeness (QED) is 0.330. The Kier molecular flexibility index (Phi) is 9.69. The first-order valence-electron chi connectivity index (χ1n) is 10.6. The minimum absolute atomic E-state index is 0.323. The van der Waals surface area contributed by atoms with Crippen molar-refractivity contribution in [3.05, 3.63) is 39.9 Å². The van der Waals surface area contributed by atoms with Gasteiger partial charge >= 0.3 is 0 Å². The predicted molar refractivity (Wildman–Crippen MR) is 128 cm³/mol. The molecule has 0 N–H and O–H groups in total. The minimum Gasteiger partial charge on any atom is -0.493 e. The molecule has 1 atom stereocenters. The first-order valence-corrected chi connectivity index (χ1v) is 11.3. The molecule has 0 aliphatic rings. The van der Waals surface area contributed by atoms with Crippen LogP contribution in [-0.2, 0) is 5.41 Å². The van der Waals surface area contributed by atoms with Gasteiger partial charge in [0, 0.05) is 6.42 Å². The Morgan fingerprint density at radius 3 is 1.85 bits per heavy atom. The summed E-state index contributed by atoms with van der Waals surface area (Å²) in [6.45, 7) is 2.56. The highest BCUT2D eigenvalue weighted by molar-refractivity contribution is 9.10. The summed E-state index contributed by atoms with van der Waals surface area (Å²) < 4.78 is 28.7. The lowest BCUT2D eigenvalue weighted by Crippen LogP contribution is -2.26. The number of hydrogen-bond donors (Lipinski definition) is 0. The molecule has 0 heterocycles. The highest BCUT2D eigenvalue weighted by Gasteiger charge is 2.37. The molecule has 2 aromatic carbocycles. The van der Waals surface area contributed by atoms with Gasteiger partial charge in [0.05, 0.1) is 51.7 Å². The minimum atomic E-state index is -1.11. The van der Waals surface area contributed by atoms with Crippen LogP contribution in [0.25, 0.3) is 0 Å². The van der Waals surface area contributed by atoms with E-state index >= 15 is 0 Å². The number of rotatable bonds is 12. The molecule has 1 unspecified atom stereocenters. The largest absolute Gasteiger partial charge is 0.493 e. The Bertz CT molecular complexity index is 1020. The molecule has 0 aromatic heterocycles. The maximum atomic E-state index is 10.6. The van der Waals surface area contributed by atoms with E-state index in [9.17, 15) is 5.26 Å². The summed E-state index contributed by atoms with van der Waals surface area (Å²) in [5.74, 6) is 2.42. The van der Waals surface area contributed by atoms with E-state index in [0.29, 0.717) is 70.2 Å². The second-order valence-electron chi connectivity index (χ2n) is 7.28. The summed E-state index contributed by atoms with van der Waals surface area (Å²) in [4.78, 5) is 0. The number of hydrogen-bond acceptors (Lipinski definition) is 7. The second-order valence-corrected chi connectivity index (χ2v) is 8.14. The fourth-order valence-electron chi connectivity index (χ4n) is 3.71. The summed E-state index contributed by atoms with van der Waals surface area (Å²) in [5.41, 5.74) is 0.251. The summed E-state index contributed by atoms with van der Waals surface area (Å²) in [5, 5.41) is 19.7. The van der Waals surface area contributed by atoms with Crippen LogP contribution in [0.4, 0.5) is 0 Å². The van der Waals surface area contributed by atoms with Crippen molar-refractivity contribution in [1.82, 2.24) is 0 Å². The lowest BCUT2D eigenvalue weighted by Gasteiger charge is -2.30. The third-order valence-electron chi connectivity index (χ3n) is 5.36. The van der Waals surface area contributed by atoms with Crippen LogP contribution in [0.3, 0.4) is 0 Å². The standard InChI is InChI=1S/C25H29BrN2O5/c1-6-11-33-23-19(26)12-17(13-20(23)29-2)25(16-28,9-7-8-10-27)18-14-21(30-3)24(32-5)22(15-18)31-4/h12-15H,6-9,11H2,1-5H3. The zero-order chi connectivity index (χ0) is 24.4. The van der Waals surface area contributed by atoms with Gasteiger partial charge in [-0.25, -0.2) is 0 Å². The lowest BCUT2D eigenvalue weighted by molar-refractivity contribution is 0.292. The van der Waals surface area contributed by atoms with Gasteiger partial charge in [-0.05, 0) is 70.6 Å². The Morgan fingerprint density at radius 2 is 1.39 bits per heavy atom. The highest BCUT2D eigenvalue weighted by atomic mass is 79.9. The van der Waals surface area contributed by atoms with Crippen molar-refractivity contribution in [2.24, 2.45) is 0 Å². The van der Waals surface area contributed by atoms with Crippen LogP contribution < -0.4 is 23.7 Å². The molecule has 0 aliphatic carbocycles. The van der Waals surface area contributed by atoms with Gasteiger partial charge < -0.3 is 23.7 Å². The molecule has 0 fully saturated rings. The van der Waals surface area contributed by atoms with E-state index in [-0.39, 0.29) is 0 Å². The molecule has 8 heteroatoms. The predicted octanol–water partition coefficient (Wildman–Crippen LogP) is 5.78. The molecule has 176 valence electrons. The van der Waals surface area contributed by atoms with Gasteiger partial charge in [-0.1, -0.05) is 6.92 Å². The Labute approximate surface area is 203 Å². The second kappa shape index (κ2) is 12.2. The van der Waals surface area contributed by atoms with Crippen molar-refractivity contribution in [3.8, 4) is 40.9 Å². The molecule has 2 rings (SSSR count). The molecular weight excluding hydrogens is 488 g/mol. The van der Waals surface area contributed by atoms with E-state index < -0.39 is 5.41 Å². The monoisotopic (exact) mass is 516 g/mol. The number of benzene rings is 2. The van der Waals surface area contributed by atoms with Gasteiger partial charge in [0.1, 0.15) is 5.41 Å². The van der Waals surface area contributed by atoms with Gasteiger partial charge in [0.15, 0.2) is 23.0 Å². The molecule has 7 nitrogen and oxygen atoms in total. The fraction of sp³-hybridized carbons (Fsp3) is 0.440. The molecule has 0 saturated carbocycles. The molecule has 0 aliphatic heterocycles. The van der Waals surface area contributed by atoms with Gasteiger partial charge in [-0.15, -0.1) is 0 Å². The molecule has 0 spiro atoms. The fourth-order valence-corrected chi connectivity index (χ4v) is 4.27. The molecule has 0 amide bonds. The zero-order valence-corrected chi connectivity index (χ0v) is 21.2. The van der Waals surface area contributed by atoms with Crippen LogP contribution in [0.5, 0.6) is 28.7 Å². The molecule has 0 radical (unpaired) electrons. The summed E-state index contributed by atoms with van der Waals surface area (Å²) in [7, 11) is 6.16. The first kappa shape index (κ1) is 26.2. The van der Waals surface area contributed by atoms with E-state index in [2.05, 4.69) is 28.1 Å². The highest BCUT2D eigenvalue weighted by Crippen LogP contribution is 2.48.